The predicted molar refractivity (Wildman–Crippen MR) is 55.0 cm³/mol. The summed E-state index contributed by atoms with van der Waals surface area (Å²) >= 11 is 7.33. The third kappa shape index (κ3) is 2.40. The first-order valence-corrected chi connectivity index (χ1v) is 5.51. The molecule has 0 saturated carbocycles. The summed E-state index contributed by atoms with van der Waals surface area (Å²) in [5.74, 6) is 0. The minimum atomic E-state index is 0.343. The third-order valence-corrected chi connectivity index (χ3v) is 3.29. The fourth-order valence-corrected chi connectivity index (χ4v) is 2.56. The van der Waals surface area contributed by atoms with E-state index in [1.165, 1.54) is 0 Å². The second kappa shape index (κ2) is 3.92. The van der Waals surface area contributed by atoms with Crippen LogP contribution in [0.5, 0.6) is 0 Å². The molecule has 3 nitrogen and oxygen atoms in total. The molecule has 1 atom stereocenters. The van der Waals surface area contributed by atoms with Crippen LogP contribution in [-0.2, 0) is 6.54 Å². The molecule has 0 spiro atoms. The number of nitrogens with zero attached hydrogens (tertiary/aromatic N) is 2. The van der Waals surface area contributed by atoms with Crippen molar-refractivity contribution in [3.63, 3.8) is 0 Å². The normalized spacial score (nSPS) is 24.0. The van der Waals surface area contributed by atoms with Gasteiger partial charge >= 0.3 is 0 Å². The van der Waals surface area contributed by atoms with E-state index in [0.29, 0.717) is 6.04 Å². The highest BCUT2D eigenvalue weighted by atomic mass is 35.5. The Kier molecular flexibility index (Phi) is 2.83. The van der Waals surface area contributed by atoms with Crippen LogP contribution in [0.2, 0.25) is 4.34 Å². The molecule has 1 saturated heterocycles. The molecule has 0 radical (unpaired) electrons. The minimum Gasteiger partial charge on any atom is -0.326 e. The van der Waals surface area contributed by atoms with E-state index in [2.05, 4.69) is 9.88 Å². The summed E-state index contributed by atoms with van der Waals surface area (Å²) in [5, 5.41) is 1.08. The van der Waals surface area contributed by atoms with Crippen LogP contribution in [0, 0.1) is 0 Å². The van der Waals surface area contributed by atoms with E-state index < -0.39 is 0 Å². The maximum Gasteiger partial charge on any atom is 0.113 e. The van der Waals surface area contributed by atoms with Gasteiger partial charge in [-0.2, -0.15) is 0 Å². The molecule has 13 heavy (non-hydrogen) atoms. The number of nitrogens with two attached hydrogens (primary N) is 1. The van der Waals surface area contributed by atoms with Crippen LogP contribution in [0.1, 0.15) is 11.4 Å². The smallest absolute Gasteiger partial charge is 0.113 e. The summed E-state index contributed by atoms with van der Waals surface area (Å²) < 4.78 is 0.762. The number of likely N-dealkylation sites (tertiary alicyclic amines) is 1. The highest BCUT2D eigenvalue weighted by Crippen LogP contribution is 2.20. The highest BCUT2D eigenvalue weighted by Gasteiger charge is 2.19. The second-order valence-electron chi connectivity index (χ2n) is 3.34. The first-order chi connectivity index (χ1) is 6.24. The zero-order valence-electron chi connectivity index (χ0n) is 7.24. The molecule has 2 rings (SSSR count). The lowest BCUT2D eigenvalue weighted by Gasteiger charge is -2.12. The Morgan fingerprint density at radius 3 is 3.15 bits per heavy atom. The van der Waals surface area contributed by atoms with Gasteiger partial charge in [-0.15, -0.1) is 11.3 Å². The number of hydrogen-bond donors (Lipinski definition) is 1. The summed E-state index contributed by atoms with van der Waals surface area (Å²) in [5.41, 5.74) is 5.80. The zero-order valence-corrected chi connectivity index (χ0v) is 8.81. The maximum atomic E-state index is 5.80. The van der Waals surface area contributed by atoms with Gasteiger partial charge in [0.25, 0.3) is 0 Å². The number of halogens is 1. The van der Waals surface area contributed by atoms with Crippen LogP contribution in [0.4, 0.5) is 0 Å². The largest absolute Gasteiger partial charge is 0.326 e. The van der Waals surface area contributed by atoms with Gasteiger partial charge in [-0.05, 0) is 6.42 Å². The molecule has 72 valence electrons. The first kappa shape index (κ1) is 9.40. The van der Waals surface area contributed by atoms with Gasteiger partial charge in [0, 0.05) is 19.1 Å². The van der Waals surface area contributed by atoms with Crippen molar-refractivity contribution in [2.75, 3.05) is 13.1 Å². The molecular weight excluding hydrogens is 206 g/mol. The molecule has 1 aromatic rings. The predicted octanol–water partition coefficient (Wildman–Crippen LogP) is 1.33. The van der Waals surface area contributed by atoms with E-state index in [0.717, 1.165) is 35.4 Å². The SMILES string of the molecule is N[C@H]1CCN(Cc2ncc(Cl)s2)C1. The highest BCUT2D eigenvalue weighted by molar-refractivity contribution is 7.15. The zero-order chi connectivity index (χ0) is 9.26. The van der Waals surface area contributed by atoms with Gasteiger partial charge in [-0.3, -0.25) is 4.90 Å². The van der Waals surface area contributed by atoms with Gasteiger partial charge in [0.15, 0.2) is 0 Å². The molecule has 0 bridgehead atoms. The lowest BCUT2D eigenvalue weighted by Crippen LogP contribution is -2.26. The molecule has 1 fully saturated rings. The van der Waals surface area contributed by atoms with Crippen LogP contribution >= 0.6 is 22.9 Å². The topological polar surface area (TPSA) is 42.1 Å². The number of thiazole rings is 1. The molecule has 1 aromatic heterocycles. The molecular formula is C8H12ClN3S. The van der Waals surface area contributed by atoms with E-state index in [1.54, 1.807) is 17.5 Å². The van der Waals surface area contributed by atoms with Crippen LogP contribution in [0.25, 0.3) is 0 Å². The molecule has 0 amide bonds. The average molecular weight is 218 g/mol. The third-order valence-electron chi connectivity index (χ3n) is 2.19. The maximum absolute atomic E-state index is 5.80. The van der Waals surface area contributed by atoms with Gasteiger partial charge in [0.1, 0.15) is 9.34 Å². The molecule has 2 heterocycles. The Hall–Kier alpha value is -0.160. The Labute approximate surface area is 86.5 Å². The van der Waals surface area contributed by atoms with Crippen molar-refractivity contribution in [1.29, 1.82) is 0 Å². The van der Waals surface area contributed by atoms with E-state index in [-0.39, 0.29) is 0 Å². The summed E-state index contributed by atoms with van der Waals surface area (Å²) in [6.45, 7) is 2.96. The van der Waals surface area contributed by atoms with E-state index in [1.807, 2.05) is 0 Å². The van der Waals surface area contributed by atoms with Crippen molar-refractivity contribution in [3.8, 4) is 0 Å². The van der Waals surface area contributed by atoms with Crippen molar-refractivity contribution in [2.45, 2.75) is 19.0 Å². The fraction of sp³-hybridized carbons (Fsp3) is 0.625. The molecule has 5 heteroatoms. The molecule has 1 aliphatic heterocycles. The van der Waals surface area contributed by atoms with E-state index in [4.69, 9.17) is 17.3 Å². The Morgan fingerprint density at radius 2 is 2.62 bits per heavy atom. The summed E-state index contributed by atoms with van der Waals surface area (Å²) in [7, 11) is 0. The summed E-state index contributed by atoms with van der Waals surface area (Å²) in [6.07, 6.45) is 2.80. The van der Waals surface area contributed by atoms with Gasteiger partial charge in [-0.25, -0.2) is 4.98 Å². The molecule has 0 aliphatic carbocycles. The molecule has 2 N–H and O–H groups in total. The Bertz CT molecular complexity index is 289. The van der Waals surface area contributed by atoms with Crippen molar-refractivity contribution < 1.29 is 0 Å². The van der Waals surface area contributed by atoms with Crippen molar-refractivity contribution in [1.82, 2.24) is 9.88 Å². The minimum absolute atomic E-state index is 0.343. The Morgan fingerprint density at radius 1 is 1.77 bits per heavy atom. The lowest BCUT2D eigenvalue weighted by molar-refractivity contribution is 0.326. The lowest BCUT2D eigenvalue weighted by atomic mass is 10.3. The van der Waals surface area contributed by atoms with Gasteiger partial charge in [-0.1, -0.05) is 11.6 Å². The molecule has 1 aliphatic rings. The van der Waals surface area contributed by atoms with Crippen LogP contribution in [0.15, 0.2) is 6.20 Å². The van der Waals surface area contributed by atoms with E-state index >= 15 is 0 Å². The summed E-state index contributed by atoms with van der Waals surface area (Å²) in [6, 6.07) is 0.343. The van der Waals surface area contributed by atoms with Crippen LogP contribution in [-0.4, -0.2) is 29.0 Å². The van der Waals surface area contributed by atoms with E-state index in [9.17, 15) is 0 Å². The van der Waals surface area contributed by atoms with Crippen molar-refractivity contribution in [3.05, 3.63) is 15.5 Å². The average Bonchev–Trinajstić information content (AvgIpc) is 2.62. The summed E-state index contributed by atoms with van der Waals surface area (Å²) in [4.78, 5) is 6.53. The molecule has 0 unspecified atom stereocenters. The monoisotopic (exact) mass is 217 g/mol. The molecule has 0 aromatic carbocycles. The Balaban J connectivity index is 1.91. The standard InChI is InChI=1S/C8H12ClN3S/c9-7-3-11-8(13-7)5-12-2-1-6(10)4-12/h3,6H,1-2,4-5,10H2/t6-/m0/s1. The van der Waals surface area contributed by atoms with Crippen LogP contribution < -0.4 is 5.73 Å². The quantitative estimate of drug-likeness (QED) is 0.813. The number of rotatable bonds is 2. The second-order valence-corrected chi connectivity index (χ2v) is 5.09. The van der Waals surface area contributed by atoms with Crippen molar-refractivity contribution >= 4 is 22.9 Å². The van der Waals surface area contributed by atoms with Gasteiger partial charge < -0.3 is 5.73 Å². The number of hydrogen-bond acceptors (Lipinski definition) is 4. The fourth-order valence-electron chi connectivity index (χ4n) is 1.56. The van der Waals surface area contributed by atoms with Gasteiger partial charge in [0.2, 0.25) is 0 Å². The van der Waals surface area contributed by atoms with Crippen LogP contribution in [0.3, 0.4) is 0 Å². The van der Waals surface area contributed by atoms with Gasteiger partial charge in [0.05, 0.1) is 12.7 Å². The number of aromatic nitrogens is 1. The van der Waals surface area contributed by atoms with Crippen molar-refractivity contribution in [2.24, 2.45) is 5.73 Å². The first-order valence-electron chi connectivity index (χ1n) is 4.32.